The molecule has 0 bridgehead atoms. The number of anilines is 2. The average molecular weight is 388 g/mol. The van der Waals surface area contributed by atoms with E-state index >= 15 is 0 Å². The molecule has 0 spiro atoms. The Hall–Kier alpha value is -2.02. The predicted molar refractivity (Wildman–Crippen MR) is 96.2 cm³/mol. The summed E-state index contributed by atoms with van der Waals surface area (Å²) in [5, 5.41) is 0.445. The molecule has 8 heteroatoms. The second-order valence-electron chi connectivity index (χ2n) is 5.81. The summed E-state index contributed by atoms with van der Waals surface area (Å²) in [4.78, 5) is 9.35. The number of halogens is 4. The van der Waals surface area contributed by atoms with Crippen LogP contribution in [0.5, 0.6) is 5.88 Å². The van der Waals surface area contributed by atoms with Crippen molar-refractivity contribution in [2.45, 2.75) is 38.8 Å². The highest BCUT2D eigenvalue weighted by molar-refractivity contribution is 6.33. The molecule has 2 rings (SSSR count). The number of ether oxygens (including phenoxy) is 1. The van der Waals surface area contributed by atoms with Crippen molar-refractivity contribution in [2.24, 2.45) is 0 Å². The van der Waals surface area contributed by atoms with E-state index in [0.29, 0.717) is 17.1 Å². The van der Waals surface area contributed by atoms with Gasteiger partial charge in [-0.3, -0.25) is 0 Å². The van der Waals surface area contributed by atoms with Gasteiger partial charge in [0.25, 0.3) is 0 Å². The van der Waals surface area contributed by atoms with Crippen LogP contribution in [0.15, 0.2) is 30.5 Å². The minimum Gasteiger partial charge on any atom is -0.477 e. The van der Waals surface area contributed by atoms with Crippen molar-refractivity contribution in [3.63, 3.8) is 0 Å². The maximum absolute atomic E-state index is 13.2. The zero-order valence-electron chi connectivity index (χ0n) is 14.7. The van der Waals surface area contributed by atoms with E-state index in [1.165, 1.54) is 4.90 Å². The Morgan fingerprint density at radius 1 is 1.15 bits per heavy atom. The van der Waals surface area contributed by atoms with Crippen LogP contribution in [-0.4, -0.2) is 23.6 Å². The van der Waals surface area contributed by atoms with Gasteiger partial charge >= 0.3 is 6.18 Å². The standard InChI is InChI=1S/C18H21ClF3N3O/c1-3-4-5-8-11-26-16-13(18(20,21)22)12-23-17(24-16)25(2)15-10-7-6-9-14(15)19/h6-7,9-10,12H,3-5,8,11H2,1-2H3. The van der Waals surface area contributed by atoms with Crippen LogP contribution in [0.4, 0.5) is 24.8 Å². The Kier molecular flexibility index (Phi) is 7.08. The Bertz CT molecular complexity index is 725. The van der Waals surface area contributed by atoms with Gasteiger partial charge in [0.2, 0.25) is 11.8 Å². The molecule has 0 unspecified atom stereocenters. The molecule has 142 valence electrons. The van der Waals surface area contributed by atoms with Gasteiger partial charge in [0.05, 0.1) is 17.3 Å². The van der Waals surface area contributed by atoms with E-state index < -0.39 is 17.6 Å². The van der Waals surface area contributed by atoms with Crippen LogP contribution in [0.25, 0.3) is 0 Å². The van der Waals surface area contributed by atoms with Gasteiger partial charge in [0, 0.05) is 13.2 Å². The highest BCUT2D eigenvalue weighted by Crippen LogP contribution is 2.36. The average Bonchev–Trinajstić information content (AvgIpc) is 2.60. The van der Waals surface area contributed by atoms with Gasteiger partial charge in [-0.25, -0.2) is 4.98 Å². The van der Waals surface area contributed by atoms with Gasteiger partial charge in [-0.1, -0.05) is 49.9 Å². The molecule has 0 atom stereocenters. The molecule has 0 aliphatic carbocycles. The zero-order valence-corrected chi connectivity index (χ0v) is 15.4. The Labute approximate surface area is 156 Å². The van der Waals surface area contributed by atoms with Gasteiger partial charge in [0.15, 0.2) is 0 Å². The molecular formula is C18H21ClF3N3O. The summed E-state index contributed by atoms with van der Waals surface area (Å²) in [5.41, 5.74) is -0.396. The van der Waals surface area contributed by atoms with E-state index in [4.69, 9.17) is 16.3 Å². The van der Waals surface area contributed by atoms with Crippen molar-refractivity contribution in [3.8, 4) is 5.88 Å². The molecule has 1 aromatic carbocycles. The molecule has 1 heterocycles. The van der Waals surface area contributed by atoms with E-state index in [0.717, 1.165) is 25.5 Å². The maximum atomic E-state index is 13.2. The molecule has 0 N–H and O–H groups in total. The molecule has 0 fully saturated rings. The molecular weight excluding hydrogens is 367 g/mol. The van der Waals surface area contributed by atoms with Gasteiger partial charge in [-0.2, -0.15) is 18.2 Å². The summed E-state index contributed by atoms with van der Waals surface area (Å²) in [5.74, 6) is -0.382. The van der Waals surface area contributed by atoms with Crippen LogP contribution in [0, 0.1) is 0 Å². The molecule has 0 radical (unpaired) electrons. The topological polar surface area (TPSA) is 38.2 Å². The minimum atomic E-state index is -4.58. The molecule has 4 nitrogen and oxygen atoms in total. The first-order valence-corrected chi connectivity index (χ1v) is 8.77. The summed E-state index contributed by atoms with van der Waals surface area (Å²) >= 11 is 6.14. The fraction of sp³-hybridized carbons (Fsp3) is 0.444. The first-order valence-electron chi connectivity index (χ1n) is 8.40. The lowest BCUT2D eigenvalue weighted by Gasteiger charge is -2.20. The SMILES string of the molecule is CCCCCCOc1nc(N(C)c2ccccc2Cl)ncc1C(F)(F)F. The number of nitrogens with zero attached hydrogens (tertiary/aromatic N) is 3. The van der Waals surface area contributed by atoms with Crippen LogP contribution >= 0.6 is 11.6 Å². The summed E-state index contributed by atoms with van der Waals surface area (Å²) in [6.07, 6.45) is -0.217. The normalized spacial score (nSPS) is 11.5. The monoisotopic (exact) mass is 387 g/mol. The molecule has 0 saturated carbocycles. The van der Waals surface area contributed by atoms with Crippen LogP contribution < -0.4 is 9.64 Å². The lowest BCUT2D eigenvalue weighted by Crippen LogP contribution is -2.17. The summed E-state index contributed by atoms with van der Waals surface area (Å²) in [6.45, 7) is 2.24. The Balaban J connectivity index is 2.26. The first-order chi connectivity index (χ1) is 12.3. The highest BCUT2D eigenvalue weighted by atomic mass is 35.5. The highest BCUT2D eigenvalue weighted by Gasteiger charge is 2.36. The fourth-order valence-electron chi connectivity index (χ4n) is 2.35. The molecule has 1 aromatic heterocycles. The third-order valence-corrected chi connectivity index (χ3v) is 4.12. The van der Waals surface area contributed by atoms with E-state index in [1.54, 1.807) is 31.3 Å². The number of aromatic nitrogens is 2. The summed E-state index contributed by atoms with van der Waals surface area (Å²) < 4.78 is 44.9. The zero-order chi connectivity index (χ0) is 19.2. The number of unbranched alkanes of at least 4 members (excludes halogenated alkanes) is 3. The van der Waals surface area contributed by atoms with E-state index in [9.17, 15) is 13.2 Å². The molecule has 0 saturated heterocycles. The number of benzene rings is 1. The molecule has 0 aliphatic heterocycles. The van der Waals surface area contributed by atoms with Crippen molar-refractivity contribution < 1.29 is 17.9 Å². The molecule has 26 heavy (non-hydrogen) atoms. The largest absolute Gasteiger partial charge is 0.477 e. The Morgan fingerprint density at radius 2 is 1.88 bits per heavy atom. The van der Waals surface area contributed by atoms with Crippen LogP contribution in [0.1, 0.15) is 38.2 Å². The molecule has 0 aliphatic rings. The molecule has 0 amide bonds. The summed E-state index contributed by atoms with van der Waals surface area (Å²) in [7, 11) is 1.63. The number of rotatable bonds is 8. The first kappa shape index (κ1) is 20.3. The van der Waals surface area contributed by atoms with Gasteiger partial charge in [0.1, 0.15) is 5.56 Å². The third kappa shape index (κ3) is 5.24. The van der Waals surface area contributed by atoms with Crippen molar-refractivity contribution in [3.05, 3.63) is 41.0 Å². The maximum Gasteiger partial charge on any atom is 0.423 e. The lowest BCUT2D eigenvalue weighted by molar-refractivity contribution is -0.139. The van der Waals surface area contributed by atoms with Gasteiger partial charge < -0.3 is 9.64 Å². The number of para-hydroxylation sites is 1. The van der Waals surface area contributed by atoms with Crippen molar-refractivity contribution >= 4 is 23.2 Å². The number of hydrogen-bond acceptors (Lipinski definition) is 4. The van der Waals surface area contributed by atoms with Crippen molar-refractivity contribution in [1.29, 1.82) is 0 Å². The van der Waals surface area contributed by atoms with E-state index in [1.807, 2.05) is 0 Å². The van der Waals surface area contributed by atoms with Crippen molar-refractivity contribution in [1.82, 2.24) is 9.97 Å². The second kappa shape index (κ2) is 9.07. The summed E-state index contributed by atoms with van der Waals surface area (Å²) in [6, 6.07) is 6.95. The quantitative estimate of drug-likeness (QED) is 0.530. The number of hydrogen-bond donors (Lipinski definition) is 0. The van der Waals surface area contributed by atoms with E-state index in [-0.39, 0.29) is 12.6 Å². The van der Waals surface area contributed by atoms with E-state index in [2.05, 4.69) is 16.9 Å². The van der Waals surface area contributed by atoms with Crippen LogP contribution in [-0.2, 0) is 6.18 Å². The second-order valence-corrected chi connectivity index (χ2v) is 6.21. The predicted octanol–water partition coefficient (Wildman–Crippen LogP) is 5.88. The number of alkyl halides is 3. The van der Waals surface area contributed by atoms with Gasteiger partial charge in [-0.05, 0) is 18.6 Å². The van der Waals surface area contributed by atoms with Crippen LogP contribution in [0.2, 0.25) is 5.02 Å². The Morgan fingerprint density at radius 3 is 2.54 bits per heavy atom. The molecule has 2 aromatic rings. The van der Waals surface area contributed by atoms with Crippen molar-refractivity contribution in [2.75, 3.05) is 18.6 Å². The minimum absolute atomic E-state index is 0.0784. The lowest BCUT2D eigenvalue weighted by atomic mass is 10.2. The smallest absolute Gasteiger partial charge is 0.423 e. The fourth-order valence-corrected chi connectivity index (χ4v) is 2.62. The van der Waals surface area contributed by atoms with Crippen LogP contribution in [0.3, 0.4) is 0 Å². The third-order valence-electron chi connectivity index (χ3n) is 3.80. The van der Waals surface area contributed by atoms with Gasteiger partial charge in [-0.15, -0.1) is 0 Å².